The van der Waals surface area contributed by atoms with Crippen molar-refractivity contribution in [3.63, 3.8) is 0 Å². The smallest absolute Gasteiger partial charge is 0.251 e. The van der Waals surface area contributed by atoms with Crippen molar-refractivity contribution in [1.82, 2.24) is 9.62 Å². The van der Waals surface area contributed by atoms with Crippen LogP contribution in [0.5, 0.6) is 0 Å². The van der Waals surface area contributed by atoms with E-state index < -0.39 is 10.0 Å². The minimum atomic E-state index is -3.71. The average molecular weight is 436 g/mol. The molecule has 29 heavy (non-hydrogen) atoms. The lowest BCUT2D eigenvalue weighted by molar-refractivity contribution is 0.0954. The first-order valence-corrected chi connectivity index (χ1v) is 11.6. The number of likely N-dealkylation sites (N-methyl/N-ethyl adjacent to an activating group) is 1. The third-order valence-electron chi connectivity index (χ3n) is 5.06. The number of carbonyl (C=O) groups is 1. The van der Waals surface area contributed by atoms with Crippen LogP contribution in [0.1, 0.15) is 29.6 Å². The second-order valence-electron chi connectivity index (χ2n) is 7.12. The Morgan fingerprint density at radius 1 is 1.10 bits per heavy atom. The quantitative estimate of drug-likeness (QED) is 0.723. The van der Waals surface area contributed by atoms with Gasteiger partial charge in [0, 0.05) is 44.5 Å². The number of rotatable bonds is 7. The molecule has 0 aromatic heterocycles. The van der Waals surface area contributed by atoms with E-state index in [-0.39, 0.29) is 21.4 Å². The van der Waals surface area contributed by atoms with Crippen LogP contribution in [-0.4, -0.2) is 51.9 Å². The summed E-state index contributed by atoms with van der Waals surface area (Å²) in [4.78, 5) is 14.6. The SMILES string of the molecule is CN(CCNC(=O)c1ccc(Cl)c(S(=O)(=O)N2CCCCC2)c1)c1ccccc1. The summed E-state index contributed by atoms with van der Waals surface area (Å²) in [6.45, 7) is 2.03. The molecule has 1 aliphatic heterocycles. The Bertz CT molecular complexity index is 945. The van der Waals surface area contributed by atoms with Gasteiger partial charge in [-0.15, -0.1) is 0 Å². The Hall–Kier alpha value is -2.09. The van der Waals surface area contributed by atoms with Crippen LogP contribution in [0.25, 0.3) is 0 Å². The summed E-state index contributed by atoms with van der Waals surface area (Å²) in [5.41, 5.74) is 1.34. The highest BCUT2D eigenvalue weighted by Crippen LogP contribution is 2.27. The molecule has 3 rings (SSSR count). The van der Waals surface area contributed by atoms with Crippen molar-refractivity contribution in [1.29, 1.82) is 0 Å². The summed E-state index contributed by atoms with van der Waals surface area (Å²) in [6, 6.07) is 14.3. The van der Waals surface area contributed by atoms with E-state index in [9.17, 15) is 13.2 Å². The largest absolute Gasteiger partial charge is 0.373 e. The van der Waals surface area contributed by atoms with Crippen molar-refractivity contribution in [3.8, 4) is 0 Å². The first-order chi connectivity index (χ1) is 13.9. The van der Waals surface area contributed by atoms with Crippen molar-refractivity contribution in [2.45, 2.75) is 24.2 Å². The molecular formula is C21H26ClN3O3S. The fraction of sp³-hybridized carbons (Fsp3) is 0.381. The second kappa shape index (κ2) is 9.61. The van der Waals surface area contributed by atoms with Crippen LogP contribution < -0.4 is 10.2 Å². The maximum Gasteiger partial charge on any atom is 0.251 e. The summed E-state index contributed by atoms with van der Waals surface area (Å²) < 4.78 is 27.3. The molecule has 0 saturated carbocycles. The molecule has 1 aliphatic rings. The third kappa shape index (κ3) is 5.29. The van der Waals surface area contributed by atoms with Crippen molar-refractivity contribution in [2.24, 2.45) is 0 Å². The number of nitrogens with one attached hydrogen (secondary N) is 1. The number of anilines is 1. The van der Waals surface area contributed by atoms with Crippen LogP contribution in [0.15, 0.2) is 53.4 Å². The standard InChI is InChI=1S/C21H26ClN3O3S/c1-24(18-8-4-2-5-9-18)15-12-23-21(26)17-10-11-19(22)20(16-17)29(27,28)25-13-6-3-7-14-25/h2,4-5,8-11,16H,3,6-7,12-15H2,1H3,(H,23,26). The lowest BCUT2D eigenvalue weighted by atomic mass is 10.2. The highest BCUT2D eigenvalue weighted by molar-refractivity contribution is 7.89. The molecule has 1 amide bonds. The zero-order chi connectivity index (χ0) is 20.9. The van der Waals surface area contributed by atoms with Crippen LogP contribution in [0.3, 0.4) is 0 Å². The van der Waals surface area contributed by atoms with Gasteiger partial charge in [0.15, 0.2) is 0 Å². The second-order valence-corrected chi connectivity index (χ2v) is 9.44. The van der Waals surface area contributed by atoms with Crippen LogP contribution in [0.2, 0.25) is 5.02 Å². The molecule has 6 nitrogen and oxygen atoms in total. The first kappa shape index (κ1) is 21.6. The number of carbonyl (C=O) groups excluding carboxylic acids is 1. The van der Waals surface area contributed by atoms with E-state index in [4.69, 9.17) is 11.6 Å². The number of amides is 1. The van der Waals surface area contributed by atoms with E-state index in [2.05, 4.69) is 5.32 Å². The third-order valence-corrected chi connectivity index (χ3v) is 7.44. The van der Waals surface area contributed by atoms with Gasteiger partial charge in [-0.25, -0.2) is 8.42 Å². The molecule has 0 spiro atoms. The molecule has 1 fully saturated rings. The number of piperidine rings is 1. The number of halogens is 1. The maximum atomic E-state index is 12.9. The van der Waals surface area contributed by atoms with Crippen molar-refractivity contribution >= 4 is 33.2 Å². The van der Waals surface area contributed by atoms with Crippen LogP contribution in [0.4, 0.5) is 5.69 Å². The molecule has 2 aromatic carbocycles. The number of nitrogens with zero attached hydrogens (tertiary/aromatic N) is 2. The van der Waals surface area contributed by atoms with Crippen molar-refractivity contribution in [3.05, 3.63) is 59.1 Å². The van der Waals surface area contributed by atoms with Gasteiger partial charge >= 0.3 is 0 Å². The average Bonchev–Trinajstić information content (AvgIpc) is 2.75. The number of benzene rings is 2. The molecule has 0 atom stereocenters. The monoisotopic (exact) mass is 435 g/mol. The van der Waals surface area contributed by atoms with Gasteiger partial charge in [0.25, 0.3) is 5.91 Å². The fourth-order valence-corrected chi connectivity index (χ4v) is 5.35. The molecule has 1 saturated heterocycles. The number of hydrogen-bond donors (Lipinski definition) is 1. The lowest BCUT2D eigenvalue weighted by Crippen LogP contribution is -2.36. The maximum absolute atomic E-state index is 12.9. The zero-order valence-electron chi connectivity index (χ0n) is 16.5. The molecule has 2 aromatic rings. The lowest BCUT2D eigenvalue weighted by Gasteiger charge is -2.26. The van der Waals surface area contributed by atoms with Gasteiger partial charge in [0.1, 0.15) is 4.90 Å². The van der Waals surface area contributed by atoms with Gasteiger partial charge in [-0.05, 0) is 43.2 Å². The van der Waals surface area contributed by atoms with E-state index >= 15 is 0 Å². The molecule has 0 radical (unpaired) electrons. The Balaban J connectivity index is 1.66. The summed E-state index contributed by atoms with van der Waals surface area (Å²) in [5.74, 6) is -0.321. The van der Waals surface area contributed by atoms with E-state index in [1.807, 2.05) is 42.3 Å². The van der Waals surface area contributed by atoms with Gasteiger partial charge in [-0.2, -0.15) is 4.31 Å². The summed E-state index contributed by atoms with van der Waals surface area (Å²) in [7, 11) is -1.75. The Morgan fingerprint density at radius 3 is 2.48 bits per heavy atom. The molecule has 0 bridgehead atoms. The molecule has 1 heterocycles. The van der Waals surface area contributed by atoms with Gasteiger partial charge < -0.3 is 10.2 Å². The normalized spacial score (nSPS) is 15.1. The van der Waals surface area contributed by atoms with Crippen LogP contribution in [-0.2, 0) is 10.0 Å². The van der Waals surface area contributed by atoms with Gasteiger partial charge in [0.05, 0.1) is 5.02 Å². The fourth-order valence-electron chi connectivity index (χ4n) is 3.34. The van der Waals surface area contributed by atoms with E-state index in [0.29, 0.717) is 26.2 Å². The summed E-state index contributed by atoms with van der Waals surface area (Å²) in [5, 5.41) is 2.98. The number of hydrogen-bond acceptors (Lipinski definition) is 4. The first-order valence-electron chi connectivity index (χ1n) is 9.73. The molecule has 0 aliphatic carbocycles. The highest BCUT2D eigenvalue weighted by Gasteiger charge is 2.28. The molecular weight excluding hydrogens is 410 g/mol. The topological polar surface area (TPSA) is 69.7 Å². The Labute approximate surface area is 177 Å². The molecule has 1 N–H and O–H groups in total. The minimum absolute atomic E-state index is 0.00452. The number of sulfonamides is 1. The van der Waals surface area contributed by atoms with Crippen LogP contribution in [0, 0.1) is 0 Å². The highest BCUT2D eigenvalue weighted by atomic mass is 35.5. The molecule has 0 unspecified atom stereocenters. The number of para-hydroxylation sites is 1. The van der Waals surface area contributed by atoms with Gasteiger partial charge in [-0.1, -0.05) is 36.2 Å². The van der Waals surface area contributed by atoms with Crippen molar-refractivity contribution in [2.75, 3.05) is 38.1 Å². The predicted octanol–water partition coefficient (Wildman–Crippen LogP) is 3.38. The van der Waals surface area contributed by atoms with Gasteiger partial charge in [0.2, 0.25) is 10.0 Å². The van der Waals surface area contributed by atoms with Crippen LogP contribution >= 0.6 is 11.6 Å². The minimum Gasteiger partial charge on any atom is -0.373 e. The predicted molar refractivity (Wildman–Crippen MR) is 116 cm³/mol. The zero-order valence-corrected chi connectivity index (χ0v) is 18.0. The summed E-state index contributed by atoms with van der Waals surface area (Å²) >= 11 is 6.17. The van der Waals surface area contributed by atoms with E-state index in [0.717, 1.165) is 24.9 Å². The molecule has 156 valence electrons. The van der Waals surface area contributed by atoms with E-state index in [1.54, 1.807) is 6.07 Å². The van der Waals surface area contributed by atoms with Crippen molar-refractivity contribution < 1.29 is 13.2 Å². The van der Waals surface area contributed by atoms with E-state index in [1.165, 1.54) is 16.4 Å². The summed E-state index contributed by atoms with van der Waals surface area (Å²) in [6.07, 6.45) is 2.71. The Morgan fingerprint density at radius 2 is 1.79 bits per heavy atom. The van der Waals surface area contributed by atoms with Gasteiger partial charge in [-0.3, -0.25) is 4.79 Å². The molecule has 8 heteroatoms. The Kier molecular flexibility index (Phi) is 7.16.